The first-order chi connectivity index (χ1) is 8.19. The van der Waals surface area contributed by atoms with Gasteiger partial charge in [-0.1, -0.05) is 26.2 Å². The van der Waals surface area contributed by atoms with Gasteiger partial charge in [0.15, 0.2) is 0 Å². The zero-order chi connectivity index (χ0) is 12.7. The van der Waals surface area contributed by atoms with Crippen LogP contribution in [0.15, 0.2) is 0 Å². The van der Waals surface area contributed by atoms with Crippen LogP contribution in [0, 0.1) is 18.3 Å². The van der Waals surface area contributed by atoms with Crippen molar-refractivity contribution < 1.29 is 4.79 Å². The molecule has 0 aromatic carbocycles. The van der Waals surface area contributed by atoms with Crippen LogP contribution in [0.2, 0.25) is 0 Å². The van der Waals surface area contributed by atoms with Crippen molar-refractivity contribution in [3.63, 3.8) is 0 Å². The number of nitrogens with two attached hydrogens (primary N) is 1. The Morgan fingerprint density at radius 1 is 1.47 bits per heavy atom. The topological polar surface area (TPSA) is 55.1 Å². The third-order valence-electron chi connectivity index (χ3n) is 3.61. The lowest BCUT2D eigenvalue weighted by Crippen LogP contribution is -2.45. The molecule has 1 aliphatic carbocycles. The van der Waals surface area contributed by atoms with Gasteiger partial charge in [0.2, 0.25) is 5.91 Å². The predicted octanol–water partition coefficient (Wildman–Crippen LogP) is 1.81. The fourth-order valence-corrected chi connectivity index (χ4v) is 2.41. The molecule has 0 spiro atoms. The molecule has 3 unspecified atom stereocenters. The van der Waals surface area contributed by atoms with E-state index in [2.05, 4.69) is 11.2 Å². The molecule has 1 amide bonds. The van der Waals surface area contributed by atoms with Crippen molar-refractivity contribution in [3.05, 3.63) is 0 Å². The van der Waals surface area contributed by atoms with Gasteiger partial charge in [0.05, 0.1) is 5.92 Å². The van der Waals surface area contributed by atoms with Crippen LogP contribution in [0.4, 0.5) is 0 Å². The number of carbonyl (C=O) groups is 1. The van der Waals surface area contributed by atoms with Crippen molar-refractivity contribution in [3.8, 4) is 12.3 Å². The predicted molar refractivity (Wildman–Crippen MR) is 70.2 cm³/mol. The number of carbonyl (C=O) groups excluding carboxylic acids is 1. The van der Waals surface area contributed by atoms with Crippen molar-refractivity contribution in [2.24, 2.45) is 11.7 Å². The summed E-state index contributed by atoms with van der Waals surface area (Å²) in [5.74, 6) is 2.68. The summed E-state index contributed by atoms with van der Waals surface area (Å²) in [4.78, 5) is 12.1. The maximum Gasteiger partial charge on any atom is 0.224 e. The smallest absolute Gasteiger partial charge is 0.224 e. The van der Waals surface area contributed by atoms with Crippen LogP contribution >= 0.6 is 0 Å². The molecule has 0 saturated heterocycles. The SMILES string of the molecule is C#CCC(CC)NC(=O)C1CCCCCC1N. The van der Waals surface area contributed by atoms with Gasteiger partial charge in [-0.2, -0.15) is 0 Å². The molecule has 0 heterocycles. The van der Waals surface area contributed by atoms with Gasteiger partial charge < -0.3 is 11.1 Å². The first-order valence-corrected chi connectivity index (χ1v) is 6.68. The fraction of sp³-hybridized carbons (Fsp3) is 0.786. The second-order valence-corrected chi connectivity index (χ2v) is 4.93. The highest BCUT2D eigenvalue weighted by Crippen LogP contribution is 2.22. The van der Waals surface area contributed by atoms with Gasteiger partial charge in [0.25, 0.3) is 0 Å². The van der Waals surface area contributed by atoms with Gasteiger partial charge in [0, 0.05) is 18.5 Å². The lowest BCUT2D eigenvalue weighted by atomic mass is 9.94. The summed E-state index contributed by atoms with van der Waals surface area (Å²) in [6, 6.07) is 0.115. The number of terminal acetylenes is 1. The average molecular weight is 236 g/mol. The summed E-state index contributed by atoms with van der Waals surface area (Å²) >= 11 is 0. The molecule has 3 heteroatoms. The number of hydrogen-bond acceptors (Lipinski definition) is 2. The van der Waals surface area contributed by atoms with E-state index in [-0.39, 0.29) is 23.9 Å². The van der Waals surface area contributed by atoms with Gasteiger partial charge in [-0.15, -0.1) is 12.3 Å². The average Bonchev–Trinajstić information content (AvgIpc) is 2.53. The van der Waals surface area contributed by atoms with Gasteiger partial charge >= 0.3 is 0 Å². The minimum Gasteiger partial charge on any atom is -0.352 e. The molecule has 3 atom stereocenters. The molecule has 1 saturated carbocycles. The first kappa shape index (κ1) is 14.1. The number of amides is 1. The number of rotatable bonds is 4. The molecule has 3 nitrogen and oxygen atoms in total. The molecule has 1 fully saturated rings. The summed E-state index contributed by atoms with van der Waals surface area (Å²) in [5, 5.41) is 3.03. The lowest BCUT2D eigenvalue weighted by Gasteiger charge is -2.23. The standard InChI is InChI=1S/C14H24N2O/c1-3-8-11(4-2)16-14(17)12-9-6-5-7-10-13(12)15/h1,11-13H,4-10,15H2,2H3,(H,16,17). The molecule has 0 radical (unpaired) electrons. The molecule has 0 aliphatic heterocycles. The summed E-state index contributed by atoms with van der Waals surface area (Å²) in [5.41, 5.74) is 6.07. The molecular formula is C14H24N2O. The maximum absolute atomic E-state index is 12.1. The molecule has 3 N–H and O–H groups in total. The highest BCUT2D eigenvalue weighted by Gasteiger charge is 2.27. The van der Waals surface area contributed by atoms with E-state index >= 15 is 0 Å². The highest BCUT2D eigenvalue weighted by atomic mass is 16.2. The molecular weight excluding hydrogens is 212 g/mol. The number of nitrogens with one attached hydrogen (secondary N) is 1. The Bertz CT molecular complexity index is 282. The zero-order valence-electron chi connectivity index (χ0n) is 10.7. The van der Waals surface area contributed by atoms with E-state index in [1.165, 1.54) is 6.42 Å². The second-order valence-electron chi connectivity index (χ2n) is 4.93. The minimum absolute atomic E-state index is 0.0147. The number of hydrogen-bond donors (Lipinski definition) is 2. The normalized spacial score (nSPS) is 26.6. The van der Waals surface area contributed by atoms with Crippen LogP contribution < -0.4 is 11.1 Å². The van der Waals surface area contributed by atoms with E-state index in [1.54, 1.807) is 0 Å². The Morgan fingerprint density at radius 3 is 2.82 bits per heavy atom. The monoisotopic (exact) mass is 236 g/mol. The molecule has 1 rings (SSSR count). The minimum atomic E-state index is -0.0238. The summed E-state index contributed by atoms with van der Waals surface area (Å²) in [6.45, 7) is 2.04. The van der Waals surface area contributed by atoms with Crippen LogP contribution in [-0.4, -0.2) is 18.0 Å². The van der Waals surface area contributed by atoms with E-state index in [0.29, 0.717) is 6.42 Å². The fourth-order valence-electron chi connectivity index (χ4n) is 2.41. The third kappa shape index (κ3) is 4.40. The van der Waals surface area contributed by atoms with Crippen molar-refractivity contribution in [2.45, 2.75) is 64.0 Å². The van der Waals surface area contributed by atoms with E-state index in [1.807, 2.05) is 6.92 Å². The second kappa shape index (κ2) is 7.34. The Hall–Kier alpha value is -1.01. The van der Waals surface area contributed by atoms with Crippen molar-refractivity contribution >= 4 is 5.91 Å². The van der Waals surface area contributed by atoms with E-state index < -0.39 is 0 Å². The first-order valence-electron chi connectivity index (χ1n) is 6.68. The molecule has 0 bridgehead atoms. The van der Waals surface area contributed by atoms with E-state index in [0.717, 1.165) is 32.1 Å². The van der Waals surface area contributed by atoms with Crippen LogP contribution in [-0.2, 0) is 4.79 Å². The molecule has 1 aliphatic rings. The Morgan fingerprint density at radius 2 is 2.18 bits per heavy atom. The summed E-state index contributed by atoms with van der Waals surface area (Å²) < 4.78 is 0. The summed E-state index contributed by atoms with van der Waals surface area (Å²) in [7, 11) is 0. The van der Waals surface area contributed by atoms with Gasteiger partial charge in [-0.3, -0.25) is 4.79 Å². The third-order valence-corrected chi connectivity index (χ3v) is 3.61. The largest absolute Gasteiger partial charge is 0.352 e. The maximum atomic E-state index is 12.1. The van der Waals surface area contributed by atoms with Gasteiger partial charge in [0.1, 0.15) is 0 Å². The van der Waals surface area contributed by atoms with Crippen molar-refractivity contribution in [2.75, 3.05) is 0 Å². The van der Waals surface area contributed by atoms with Crippen molar-refractivity contribution in [1.82, 2.24) is 5.32 Å². The lowest BCUT2D eigenvalue weighted by molar-refractivity contribution is -0.126. The van der Waals surface area contributed by atoms with E-state index in [4.69, 9.17) is 12.2 Å². The molecule has 0 aromatic rings. The van der Waals surface area contributed by atoms with Crippen LogP contribution in [0.3, 0.4) is 0 Å². The Kier molecular flexibility index (Phi) is 6.07. The van der Waals surface area contributed by atoms with E-state index in [9.17, 15) is 4.79 Å². The van der Waals surface area contributed by atoms with Gasteiger partial charge in [-0.25, -0.2) is 0 Å². The molecule has 96 valence electrons. The molecule has 17 heavy (non-hydrogen) atoms. The zero-order valence-corrected chi connectivity index (χ0v) is 10.7. The molecule has 0 aromatic heterocycles. The summed E-state index contributed by atoms with van der Waals surface area (Å²) in [6.07, 6.45) is 12.1. The van der Waals surface area contributed by atoms with Gasteiger partial charge in [-0.05, 0) is 19.3 Å². The van der Waals surface area contributed by atoms with Crippen molar-refractivity contribution in [1.29, 1.82) is 0 Å². The highest BCUT2D eigenvalue weighted by molar-refractivity contribution is 5.79. The Labute approximate surface area is 105 Å². The quantitative estimate of drug-likeness (QED) is 0.578. The van der Waals surface area contributed by atoms with Crippen LogP contribution in [0.1, 0.15) is 51.9 Å². The Balaban J connectivity index is 2.52. The van der Waals surface area contributed by atoms with Crippen LogP contribution in [0.5, 0.6) is 0 Å². The van der Waals surface area contributed by atoms with Crippen LogP contribution in [0.25, 0.3) is 0 Å².